The van der Waals surface area contributed by atoms with Crippen LogP contribution in [0.5, 0.6) is 0 Å². The van der Waals surface area contributed by atoms with E-state index in [0.29, 0.717) is 6.54 Å². The van der Waals surface area contributed by atoms with Crippen LogP contribution in [0.1, 0.15) is 47.1 Å². The van der Waals surface area contributed by atoms with E-state index in [1.54, 1.807) is 0 Å². The van der Waals surface area contributed by atoms with Gasteiger partial charge in [0.2, 0.25) is 0 Å². The Morgan fingerprint density at radius 1 is 1.10 bits per heavy atom. The zero-order valence-corrected chi connectivity index (χ0v) is 13.5. The highest BCUT2D eigenvalue weighted by Crippen LogP contribution is 2.36. The van der Waals surface area contributed by atoms with Crippen molar-refractivity contribution in [2.45, 2.75) is 58.2 Å². The maximum Gasteiger partial charge on any atom is 0.494 e. The minimum atomic E-state index is -0.312. The molecule has 20 heavy (non-hydrogen) atoms. The molecule has 0 atom stereocenters. The van der Waals surface area contributed by atoms with E-state index in [1.807, 2.05) is 6.07 Å². The summed E-state index contributed by atoms with van der Waals surface area (Å²) < 4.78 is 12.2. The maximum absolute atomic E-state index is 6.10. The van der Waals surface area contributed by atoms with Gasteiger partial charge in [-0.2, -0.15) is 0 Å². The third kappa shape index (κ3) is 2.65. The second kappa shape index (κ2) is 4.87. The normalized spacial score (nSPS) is 21.2. The Balaban J connectivity index is 2.30. The lowest BCUT2D eigenvalue weighted by atomic mass is 9.75. The van der Waals surface area contributed by atoms with Crippen molar-refractivity contribution >= 4 is 12.6 Å². The largest absolute Gasteiger partial charge is 0.494 e. The van der Waals surface area contributed by atoms with Gasteiger partial charge in [-0.3, -0.25) is 0 Å². The van der Waals surface area contributed by atoms with Crippen LogP contribution >= 0.6 is 0 Å². The predicted molar refractivity (Wildman–Crippen MR) is 84.2 cm³/mol. The molecule has 1 aliphatic rings. The molecule has 0 spiro atoms. The number of benzene rings is 1. The van der Waals surface area contributed by atoms with Gasteiger partial charge in [-0.1, -0.05) is 38.1 Å². The molecule has 0 aliphatic carbocycles. The van der Waals surface area contributed by atoms with E-state index in [2.05, 4.69) is 59.7 Å². The Morgan fingerprint density at radius 2 is 1.65 bits per heavy atom. The molecule has 0 aromatic heterocycles. The summed E-state index contributed by atoms with van der Waals surface area (Å²) in [6, 6.07) is 8.36. The van der Waals surface area contributed by atoms with Gasteiger partial charge >= 0.3 is 7.12 Å². The van der Waals surface area contributed by atoms with E-state index in [-0.39, 0.29) is 23.7 Å². The lowest BCUT2D eigenvalue weighted by Crippen LogP contribution is -2.41. The van der Waals surface area contributed by atoms with Crippen molar-refractivity contribution in [2.24, 2.45) is 5.73 Å². The highest BCUT2D eigenvalue weighted by Gasteiger charge is 2.51. The van der Waals surface area contributed by atoms with Gasteiger partial charge in [0.25, 0.3) is 0 Å². The fourth-order valence-corrected chi connectivity index (χ4v) is 2.20. The molecule has 0 saturated carbocycles. The molecule has 1 aromatic rings. The van der Waals surface area contributed by atoms with E-state index < -0.39 is 0 Å². The lowest BCUT2D eigenvalue weighted by Gasteiger charge is -2.32. The molecule has 3 nitrogen and oxygen atoms in total. The van der Waals surface area contributed by atoms with Crippen molar-refractivity contribution in [3.63, 3.8) is 0 Å². The van der Waals surface area contributed by atoms with Gasteiger partial charge in [0, 0.05) is 12.0 Å². The molecule has 1 aromatic carbocycles. The molecular formula is C16H26BNO2. The average molecular weight is 275 g/mol. The Bertz CT molecular complexity index is 481. The maximum atomic E-state index is 6.10. The molecule has 1 aliphatic heterocycles. The van der Waals surface area contributed by atoms with E-state index in [1.165, 1.54) is 5.56 Å². The SMILES string of the molecule is CC(C)(CN)c1cccc(B2OC(C)(C)C(C)(C)O2)c1. The number of nitrogens with two attached hydrogens (primary N) is 1. The van der Waals surface area contributed by atoms with Gasteiger partial charge in [0.15, 0.2) is 0 Å². The summed E-state index contributed by atoms with van der Waals surface area (Å²) in [6.07, 6.45) is 0. The van der Waals surface area contributed by atoms with Gasteiger partial charge in [-0.05, 0) is 38.7 Å². The van der Waals surface area contributed by atoms with E-state index in [9.17, 15) is 0 Å². The van der Waals surface area contributed by atoms with Crippen LogP contribution in [-0.4, -0.2) is 24.9 Å². The quantitative estimate of drug-likeness (QED) is 0.860. The Morgan fingerprint density at radius 3 is 2.15 bits per heavy atom. The van der Waals surface area contributed by atoms with Crippen LogP contribution in [0.15, 0.2) is 24.3 Å². The second-order valence-corrected chi connectivity index (χ2v) is 7.30. The molecular weight excluding hydrogens is 249 g/mol. The average Bonchev–Trinajstić information content (AvgIpc) is 2.59. The van der Waals surface area contributed by atoms with Gasteiger partial charge in [-0.15, -0.1) is 0 Å². The summed E-state index contributed by atoms with van der Waals surface area (Å²) in [7, 11) is -0.312. The number of hydrogen-bond acceptors (Lipinski definition) is 3. The molecule has 0 radical (unpaired) electrons. The standard InChI is InChI=1S/C16H26BNO2/c1-14(2,11-18)12-8-7-9-13(10-12)17-19-15(3,4)16(5,6)20-17/h7-10H,11,18H2,1-6H3. The molecule has 1 saturated heterocycles. The molecule has 1 heterocycles. The first-order valence-corrected chi connectivity index (χ1v) is 7.25. The van der Waals surface area contributed by atoms with Crippen LogP contribution < -0.4 is 11.2 Å². The Hall–Kier alpha value is -0.835. The molecule has 2 N–H and O–H groups in total. The molecule has 1 fully saturated rings. The minimum absolute atomic E-state index is 0.0420. The highest BCUT2D eigenvalue weighted by molar-refractivity contribution is 6.62. The van der Waals surface area contributed by atoms with Crippen molar-refractivity contribution in [1.82, 2.24) is 0 Å². The summed E-state index contributed by atoms with van der Waals surface area (Å²) >= 11 is 0. The molecule has 4 heteroatoms. The van der Waals surface area contributed by atoms with E-state index in [0.717, 1.165) is 5.46 Å². The minimum Gasteiger partial charge on any atom is -0.399 e. The van der Waals surface area contributed by atoms with Crippen LogP contribution in [0.3, 0.4) is 0 Å². The Kier molecular flexibility index (Phi) is 3.78. The van der Waals surface area contributed by atoms with Gasteiger partial charge < -0.3 is 15.0 Å². The van der Waals surface area contributed by atoms with Crippen molar-refractivity contribution in [3.05, 3.63) is 29.8 Å². The summed E-state index contributed by atoms with van der Waals surface area (Å²) in [5.74, 6) is 0. The van der Waals surface area contributed by atoms with Crippen molar-refractivity contribution < 1.29 is 9.31 Å². The van der Waals surface area contributed by atoms with Gasteiger partial charge in [0.05, 0.1) is 11.2 Å². The summed E-state index contributed by atoms with van der Waals surface area (Å²) in [5.41, 5.74) is 7.48. The van der Waals surface area contributed by atoms with E-state index in [4.69, 9.17) is 15.0 Å². The zero-order valence-electron chi connectivity index (χ0n) is 13.5. The fourth-order valence-electron chi connectivity index (χ4n) is 2.20. The monoisotopic (exact) mass is 275 g/mol. The second-order valence-electron chi connectivity index (χ2n) is 7.30. The molecule has 0 bridgehead atoms. The van der Waals surface area contributed by atoms with Gasteiger partial charge in [0.1, 0.15) is 0 Å². The lowest BCUT2D eigenvalue weighted by molar-refractivity contribution is 0.00578. The molecule has 0 amide bonds. The first-order chi connectivity index (χ1) is 9.09. The van der Waals surface area contributed by atoms with Crippen LogP contribution in [0.2, 0.25) is 0 Å². The highest BCUT2D eigenvalue weighted by atomic mass is 16.7. The predicted octanol–water partition coefficient (Wildman–Crippen LogP) is 2.22. The summed E-state index contributed by atoms with van der Waals surface area (Å²) in [6.45, 7) is 13.2. The van der Waals surface area contributed by atoms with Crippen molar-refractivity contribution in [2.75, 3.05) is 6.54 Å². The fraction of sp³-hybridized carbons (Fsp3) is 0.625. The van der Waals surface area contributed by atoms with Crippen LogP contribution in [0.4, 0.5) is 0 Å². The summed E-state index contributed by atoms with van der Waals surface area (Å²) in [5, 5.41) is 0. The van der Waals surface area contributed by atoms with E-state index >= 15 is 0 Å². The van der Waals surface area contributed by atoms with Crippen molar-refractivity contribution in [3.8, 4) is 0 Å². The molecule has 0 unspecified atom stereocenters. The van der Waals surface area contributed by atoms with Crippen LogP contribution in [0, 0.1) is 0 Å². The zero-order chi connectivity index (χ0) is 15.2. The third-order valence-electron chi connectivity index (χ3n) is 4.70. The van der Waals surface area contributed by atoms with Crippen molar-refractivity contribution in [1.29, 1.82) is 0 Å². The topological polar surface area (TPSA) is 44.5 Å². The molecule has 2 rings (SSSR count). The number of hydrogen-bond donors (Lipinski definition) is 1. The van der Waals surface area contributed by atoms with Gasteiger partial charge in [-0.25, -0.2) is 0 Å². The summed E-state index contributed by atoms with van der Waals surface area (Å²) in [4.78, 5) is 0. The first-order valence-electron chi connectivity index (χ1n) is 7.25. The van der Waals surface area contributed by atoms with Crippen LogP contribution in [-0.2, 0) is 14.7 Å². The third-order valence-corrected chi connectivity index (χ3v) is 4.70. The Labute approximate surface area is 123 Å². The number of rotatable bonds is 3. The molecule has 110 valence electrons. The smallest absolute Gasteiger partial charge is 0.399 e. The van der Waals surface area contributed by atoms with Crippen LogP contribution in [0.25, 0.3) is 0 Å². The first kappa shape index (κ1) is 15.6.